The summed E-state index contributed by atoms with van der Waals surface area (Å²) in [6.07, 6.45) is 0.907. The number of nitrogens with zero attached hydrogens (tertiary/aromatic N) is 1. The van der Waals surface area contributed by atoms with Gasteiger partial charge < -0.3 is 15.0 Å². The van der Waals surface area contributed by atoms with Gasteiger partial charge in [0.1, 0.15) is 11.6 Å². The van der Waals surface area contributed by atoms with Crippen molar-refractivity contribution in [3.63, 3.8) is 0 Å². The Morgan fingerprint density at radius 2 is 1.88 bits per heavy atom. The zero-order valence-corrected chi connectivity index (χ0v) is 14.3. The molecule has 2 aromatic carbocycles. The van der Waals surface area contributed by atoms with Crippen LogP contribution in [0.3, 0.4) is 0 Å². The number of anilines is 1. The van der Waals surface area contributed by atoms with E-state index in [1.54, 1.807) is 30.3 Å². The Bertz CT molecular complexity index is 732. The molecule has 0 aliphatic heterocycles. The average molecular weight is 344 g/mol. The highest BCUT2D eigenvalue weighted by molar-refractivity contribution is 5.99. The van der Waals surface area contributed by atoms with E-state index in [0.717, 1.165) is 6.42 Å². The lowest BCUT2D eigenvalue weighted by Crippen LogP contribution is -2.34. The van der Waals surface area contributed by atoms with Crippen molar-refractivity contribution in [1.29, 1.82) is 0 Å². The second-order valence-electron chi connectivity index (χ2n) is 5.59. The van der Waals surface area contributed by atoms with E-state index in [9.17, 15) is 14.0 Å². The van der Waals surface area contributed by atoms with Crippen molar-refractivity contribution in [3.8, 4) is 5.75 Å². The van der Waals surface area contributed by atoms with Crippen LogP contribution >= 0.6 is 0 Å². The molecule has 0 aliphatic carbocycles. The molecule has 0 radical (unpaired) electrons. The predicted octanol–water partition coefficient (Wildman–Crippen LogP) is 3.33. The Labute approximate surface area is 146 Å². The molecule has 0 saturated carbocycles. The highest BCUT2D eigenvalue weighted by Gasteiger charge is 2.15. The lowest BCUT2D eigenvalue weighted by molar-refractivity contribution is -0.116. The smallest absolute Gasteiger partial charge is 0.254 e. The molecular formula is C19H21FN2O3. The Balaban J connectivity index is 1.91. The zero-order valence-electron chi connectivity index (χ0n) is 14.3. The van der Waals surface area contributed by atoms with Crippen LogP contribution in [0.15, 0.2) is 48.5 Å². The van der Waals surface area contributed by atoms with Gasteiger partial charge in [0.05, 0.1) is 13.2 Å². The highest BCUT2D eigenvalue weighted by Crippen LogP contribution is 2.14. The second kappa shape index (κ2) is 8.82. The van der Waals surface area contributed by atoms with E-state index in [2.05, 4.69) is 5.32 Å². The molecule has 0 aromatic heterocycles. The molecular weight excluding hydrogens is 323 g/mol. The van der Waals surface area contributed by atoms with Gasteiger partial charge in [-0.15, -0.1) is 0 Å². The fourth-order valence-electron chi connectivity index (χ4n) is 2.19. The fourth-order valence-corrected chi connectivity index (χ4v) is 2.19. The van der Waals surface area contributed by atoms with Crippen molar-refractivity contribution in [2.24, 2.45) is 0 Å². The second-order valence-corrected chi connectivity index (χ2v) is 5.59. The standard InChI is InChI=1S/C19H21FN2O3/c1-3-11-25-17-9-7-14(8-10-17)19(24)22(2)13-18(23)21-16-6-4-5-15(20)12-16/h4-10,12H,3,11,13H2,1-2H3,(H,21,23). The minimum absolute atomic E-state index is 0.135. The van der Waals surface area contributed by atoms with Gasteiger partial charge >= 0.3 is 0 Å². The van der Waals surface area contributed by atoms with Crippen LogP contribution in [0.2, 0.25) is 0 Å². The van der Waals surface area contributed by atoms with Gasteiger partial charge in [-0.05, 0) is 48.9 Å². The van der Waals surface area contributed by atoms with Gasteiger partial charge in [0.15, 0.2) is 0 Å². The van der Waals surface area contributed by atoms with Crippen molar-refractivity contribution in [2.45, 2.75) is 13.3 Å². The van der Waals surface area contributed by atoms with E-state index in [4.69, 9.17) is 4.74 Å². The number of halogens is 1. The number of carbonyl (C=O) groups is 2. The molecule has 132 valence electrons. The van der Waals surface area contributed by atoms with Crippen LogP contribution in [-0.4, -0.2) is 36.9 Å². The Morgan fingerprint density at radius 3 is 2.52 bits per heavy atom. The number of amides is 2. The molecule has 0 unspecified atom stereocenters. The number of rotatable bonds is 7. The van der Waals surface area contributed by atoms with Gasteiger partial charge in [0, 0.05) is 18.3 Å². The highest BCUT2D eigenvalue weighted by atomic mass is 19.1. The van der Waals surface area contributed by atoms with Crippen LogP contribution < -0.4 is 10.1 Å². The van der Waals surface area contributed by atoms with Gasteiger partial charge in [-0.1, -0.05) is 13.0 Å². The van der Waals surface area contributed by atoms with Gasteiger partial charge in [-0.3, -0.25) is 9.59 Å². The number of hydrogen-bond donors (Lipinski definition) is 1. The SMILES string of the molecule is CCCOc1ccc(C(=O)N(C)CC(=O)Nc2cccc(F)c2)cc1. The average Bonchev–Trinajstić information content (AvgIpc) is 2.59. The summed E-state index contributed by atoms with van der Waals surface area (Å²) in [5.74, 6) is -0.418. The molecule has 0 fully saturated rings. The van der Waals surface area contributed by atoms with E-state index in [0.29, 0.717) is 23.6 Å². The van der Waals surface area contributed by atoms with Gasteiger partial charge in [-0.25, -0.2) is 4.39 Å². The molecule has 0 heterocycles. The Morgan fingerprint density at radius 1 is 1.16 bits per heavy atom. The van der Waals surface area contributed by atoms with E-state index >= 15 is 0 Å². The van der Waals surface area contributed by atoms with Crippen LogP contribution in [0.5, 0.6) is 5.75 Å². The number of ether oxygens (including phenoxy) is 1. The van der Waals surface area contributed by atoms with Crippen molar-refractivity contribution in [1.82, 2.24) is 4.90 Å². The summed E-state index contributed by atoms with van der Waals surface area (Å²) < 4.78 is 18.6. The van der Waals surface area contributed by atoms with Crippen molar-refractivity contribution >= 4 is 17.5 Å². The third kappa shape index (κ3) is 5.60. The number of benzene rings is 2. The van der Waals surface area contributed by atoms with E-state index in [1.165, 1.54) is 30.1 Å². The van der Waals surface area contributed by atoms with Crippen LogP contribution in [0.25, 0.3) is 0 Å². The van der Waals surface area contributed by atoms with Gasteiger partial charge in [-0.2, -0.15) is 0 Å². The normalized spacial score (nSPS) is 10.2. The van der Waals surface area contributed by atoms with Crippen LogP contribution in [-0.2, 0) is 4.79 Å². The maximum atomic E-state index is 13.1. The molecule has 2 rings (SSSR count). The van der Waals surface area contributed by atoms with Gasteiger partial charge in [0.2, 0.25) is 5.91 Å². The van der Waals surface area contributed by atoms with Crippen LogP contribution in [0, 0.1) is 5.82 Å². The molecule has 1 N–H and O–H groups in total. The maximum absolute atomic E-state index is 13.1. The largest absolute Gasteiger partial charge is 0.494 e. The number of nitrogens with one attached hydrogen (secondary N) is 1. The molecule has 0 saturated heterocycles. The molecule has 6 heteroatoms. The quantitative estimate of drug-likeness (QED) is 0.838. The first kappa shape index (κ1) is 18.4. The lowest BCUT2D eigenvalue weighted by atomic mass is 10.2. The fraction of sp³-hybridized carbons (Fsp3) is 0.263. The first-order valence-corrected chi connectivity index (χ1v) is 8.03. The molecule has 0 atom stereocenters. The lowest BCUT2D eigenvalue weighted by Gasteiger charge is -2.17. The van der Waals surface area contributed by atoms with E-state index < -0.39 is 11.7 Å². The Kier molecular flexibility index (Phi) is 6.51. The molecule has 2 aromatic rings. The van der Waals surface area contributed by atoms with Crippen LogP contribution in [0.1, 0.15) is 23.7 Å². The zero-order chi connectivity index (χ0) is 18.2. The van der Waals surface area contributed by atoms with Crippen molar-refractivity contribution < 1.29 is 18.7 Å². The molecule has 0 aliphatic rings. The molecule has 0 spiro atoms. The monoisotopic (exact) mass is 344 g/mol. The third-order valence-electron chi connectivity index (χ3n) is 3.41. The van der Waals surface area contributed by atoms with Crippen molar-refractivity contribution in [3.05, 3.63) is 59.9 Å². The Hall–Kier alpha value is -2.89. The molecule has 25 heavy (non-hydrogen) atoms. The molecule has 2 amide bonds. The summed E-state index contributed by atoms with van der Waals surface area (Å²) in [7, 11) is 1.54. The minimum atomic E-state index is -0.437. The first-order valence-electron chi connectivity index (χ1n) is 8.03. The predicted molar refractivity (Wildman–Crippen MR) is 94.2 cm³/mol. The summed E-state index contributed by atoms with van der Waals surface area (Å²) in [5.41, 5.74) is 0.813. The van der Waals surface area contributed by atoms with E-state index in [-0.39, 0.29) is 12.5 Å². The summed E-state index contributed by atoms with van der Waals surface area (Å²) in [6.45, 7) is 2.50. The topological polar surface area (TPSA) is 58.6 Å². The summed E-state index contributed by atoms with van der Waals surface area (Å²) in [4.78, 5) is 25.7. The van der Waals surface area contributed by atoms with Gasteiger partial charge in [0.25, 0.3) is 5.91 Å². The third-order valence-corrected chi connectivity index (χ3v) is 3.41. The molecule has 5 nitrogen and oxygen atoms in total. The summed E-state index contributed by atoms with van der Waals surface area (Å²) >= 11 is 0. The number of likely N-dealkylation sites (N-methyl/N-ethyl adjacent to an activating group) is 1. The number of carbonyl (C=O) groups excluding carboxylic acids is 2. The van der Waals surface area contributed by atoms with Crippen molar-refractivity contribution in [2.75, 3.05) is 25.5 Å². The maximum Gasteiger partial charge on any atom is 0.254 e. The summed E-state index contributed by atoms with van der Waals surface area (Å²) in [5, 5.41) is 2.56. The minimum Gasteiger partial charge on any atom is -0.494 e. The van der Waals surface area contributed by atoms with Crippen LogP contribution in [0.4, 0.5) is 10.1 Å². The first-order chi connectivity index (χ1) is 12.0. The number of hydrogen-bond acceptors (Lipinski definition) is 3. The molecule has 0 bridgehead atoms. The van der Waals surface area contributed by atoms with E-state index in [1.807, 2.05) is 6.92 Å². The summed E-state index contributed by atoms with van der Waals surface area (Å²) in [6, 6.07) is 12.4.